The summed E-state index contributed by atoms with van der Waals surface area (Å²) < 4.78 is 34.8. The Kier molecular flexibility index (Phi) is 16.5. The second kappa shape index (κ2) is 23.1. The van der Waals surface area contributed by atoms with Gasteiger partial charge in [0.15, 0.2) is 0 Å². The number of benzene rings is 2. The van der Waals surface area contributed by atoms with Crippen LogP contribution in [0.25, 0.3) is 16.7 Å². The van der Waals surface area contributed by atoms with Crippen LogP contribution in [0.15, 0.2) is 79.3 Å². The minimum atomic E-state index is -0.803. The lowest BCUT2D eigenvalue weighted by Crippen LogP contribution is -2.62. The highest BCUT2D eigenvalue weighted by Gasteiger charge is 2.39. The fourth-order valence-electron chi connectivity index (χ4n) is 8.97. The summed E-state index contributed by atoms with van der Waals surface area (Å²) in [7, 11) is 0. The number of ether oxygens (including phenoxy) is 1. The standard InChI is InChI=1S/C50H59F2N11O5/c1-2-68-39-28-40(47(57-32-39)35(29-53)30-54)34-11-15-44(56-31-34)62-20-17-50(18-21-62,60-48(66)41-26-36(51)12-13-42(41)52)33-61-22-24-63(25-23-61)46(65)10-5-3-4-6-19-55-37-8-7-9-38(27-37)58-43-14-16-45(64)59-49(43)67/h7-9,11-13,15,26-29,31-32,43,55,58H,2-6,10,14,16-25,33,53H2,1H3,(H,60,66)(H,59,64,67)/b35-29-. The Morgan fingerprint density at radius 3 is 2.46 bits per heavy atom. The van der Waals surface area contributed by atoms with Gasteiger partial charge in [-0.1, -0.05) is 18.9 Å². The third kappa shape index (κ3) is 12.6. The zero-order valence-electron chi connectivity index (χ0n) is 38.4. The summed E-state index contributed by atoms with van der Waals surface area (Å²) in [4.78, 5) is 66.0. The molecule has 0 saturated carbocycles. The highest BCUT2D eigenvalue weighted by Crippen LogP contribution is 2.33. The maximum Gasteiger partial charge on any atom is 0.254 e. The number of rotatable bonds is 19. The van der Waals surface area contributed by atoms with Gasteiger partial charge >= 0.3 is 0 Å². The fraction of sp³-hybridized carbons (Fsp3) is 0.420. The molecule has 1 atom stereocenters. The number of pyridine rings is 2. The van der Waals surface area contributed by atoms with E-state index in [1.807, 2.05) is 48.2 Å². The van der Waals surface area contributed by atoms with E-state index in [2.05, 4.69) is 42.1 Å². The van der Waals surface area contributed by atoms with Crippen LogP contribution < -0.4 is 36.6 Å². The van der Waals surface area contributed by atoms with Gasteiger partial charge in [0.2, 0.25) is 17.7 Å². The number of halogens is 2. The normalized spacial score (nSPS) is 17.5. The van der Waals surface area contributed by atoms with Gasteiger partial charge in [-0.2, -0.15) is 5.26 Å². The molecular formula is C50H59F2N11O5. The van der Waals surface area contributed by atoms with E-state index >= 15 is 0 Å². The molecule has 7 rings (SSSR count). The summed E-state index contributed by atoms with van der Waals surface area (Å²) in [6, 6.07) is 17.8. The molecule has 2 aromatic carbocycles. The van der Waals surface area contributed by atoms with Gasteiger partial charge in [-0.25, -0.2) is 13.8 Å². The SMILES string of the molecule is CCOc1cnc(/C(C#N)=C\N)c(-c2ccc(N3CCC(CN4CCN(C(=O)CCCCCCNc5cccc(NC6CCC(=O)NC6=O)c5)CC4)(NC(=O)c4cc(F)ccc4F)CC3)nc2)c1. The zero-order chi connectivity index (χ0) is 48.0. The molecular weight excluding hydrogens is 873 g/mol. The number of piperidine rings is 2. The molecule has 2 aromatic heterocycles. The molecule has 0 bridgehead atoms. The maximum atomic E-state index is 14.9. The Morgan fingerprint density at radius 2 is 1.74 bits per heavy atom. The van der Waals surface area contributed by atoms with Crippen molar-refractivity contribution in [3.05, 3.63) is 102 Å². The van der Waals surface area contributed by atoms with E-state index in [1.165, 1.54) is 6.20 Å². The van der Waals surface area contributed by atoms with Crippen molar-refractivity contribution in [2.45, 2.75) is 76.3 Å². The minimum absolute atomic E-state index is 0.121. The number of aromatic nitrogens is 2. The number of unbranched alkanes of at least 4 members (excludes halogenated alkanes) is 3. The number of carbonyl (C=O) groups excluding carboxylic acids is 4. The fourth-order valence-corrected chi connectivity index (χ4v) is 8.97. The number of carbonyl (C=O) groups is 4. The Balaban J connectivity index is 0.892. The predicted molar refractivity (Wildman–Crippen MR) is 255 cm³/mol. The van der Waals surface area contributed by atoms with Crippen molar-refractivity contribution < 1.29 is 32.7 Å². The molecule has 3 fully saturated rings. The van der Waals surface area contributed by atoms with E-state index in [9.17, 15) is 33.2 Å². The van der Waals surface area contributed by atoms with Crippen molar-refractivity contribution in [2.24, 2.45) is 5.73 Å². The molecule has 16 nitrogen and oxygen atoms in total. The van der Waals surface area contributed by atoms with Crippen molar-refractivity contribution in [3.63, 3.8) is 0 Å². The Morgan fingerprint density at radius 1 is 0.956 bits per heavy atom. The monoisotopic (exact) mass is 931 g/mol. The van der Waals surface area contributed by atoms with Crippen molar-refractivity contribution in [3.8, 4) is 22.9 Å². The number of piperazine rings is 1. The second-order valence-electron chi connectivity index (χ2n) is 17.4. The van der Waals surface area contributed by atoms with Crippen molar-refractivity contribution in [2.75, 3.05) is 74.5 Å². The van der Waals surface area contributed by atoms with E-state index in [0.29, 0.717) is 113 Å². The number of nitrogens with two attached hydrogens (primary N) is 1. The quantitative estimate of drug-likeness (QED) is 0.0426. The second-order valence-corrected chi connectivity index (χ2v) is 17.4. The van der Waals surface area contributed by atoms with Crippen LogP contribution in [0, 0.1) is 23.0 Å². The molecule has 1 unspecified atom stereocenters. The summed E-state index contributed by atoms with van der Waals surface area (Å²) in [6.45, 7) is 6.89. The topological polar surface area (TPSA) is 211 Å². The summed E-state index contributed by atoms with van der Waals surface area (Å²) in [5.41, 5.74) is 8.34. The third-order valence-electron chi connectivity index (χ3n) is 12.7. The van der Waals surface area contributed by atoms with Gasteiger partial charge in [-0.3, -0.25) is 34.4 Å². The molecule has 4 aromatic rings. The van der Waals surface area contributed by atoms with Crippen LogP contribution in [0.5, 0.6) is 5.75 Å². The first kappa shape index (κ1) is 48.8. The number of amides is 4. The van der Waals surface area contributed by atoms with Gasteiger partial charge in [0.1, 0.15) is 35.3 Å². The van der Waals surface area contributed by atoms with Gasteiger partial charge in [0.25, 0.3) is 5.91 Å². The highest BCUT2D eigenvalue weighted by molar-refractivity contribution is 6.01. The lowest BCUT2D eigenvalue weighted by atomic mass is 9.86. The van der Waals surface area contributed by atoms with Crippen LogP contribution >= 0.6 is 0 Å². The van der Waals surface area contributed by atoms with Crippen LogP contribution in [-0.4, -0.2) is 114 Å². The van der Waals surface area contributed by atoms with Crippen LogP contribution in [0.4, 0.5) is 26.0 Å². The summed E-state index contributed by atoms with van der Waals surface area (Å²) in [5, 5.41) is 21.8. The van der Waals surface area contributed by atoms with E-state index in [0.717, 1.165) is 61.8 Å². The first-order valence-electron chi connectivity index (χ1n) is 23.3. The molecule has 3 aliphatic heterocycles. The summed E-state index contributed by atoms with van der Waals surface area (Å²) in [6.07, 6.45) is 10.3. The molecule has 0 spiro atoms. The van der Waals surface area contributed by atoms with Gasteiger partial charge in [0.05, 0.1) is 35.2 Å². The summed E-state index contributed by atoms with van der Waals surface area (Å²) in [5.74, 6) is -1.37. The first-order valence-corrected chi connectivity index (χ1v) is 23.3. The van der Waals surface area contributed by atoms with Gasteiger partial charge in [0, 0.05) is 100 Å². The smallest absolute Gasteiger partial charge is 0.254 e. The zero-order valence-corrected chi connectivity index (χ0v) is 38.4. The van der Waals surface area contributed by atoms with Gasteiger partial charge in [-0.15, -0.1) is 0 Å². The van der Waals surface area contributed by atoms with E-state index in [4.69, 9.17) is 15.5 Å². The number of hydrogen-bond donors (Lipinski definition) is 5. The van der Waals surface area contributed by atoms with Gasteiger partial charge < -0.3 is 36.2 Å². The molecule has 18 heteroatoms. The minimum Gasteiger partial charge on any atom is -0.492 e. The number of anilines is 3. The van der Waals surface area contributed by atoms with Crippen molar-refractivity contribution >= 4 is 46.4 Å². The largest absolute Gasteiger partial charge is 0.492 e. The summed E-state index contributed by atoms with van der Waals surface area (Å²) >= 11 is 0. The Hall–Kier alpha value is -7.13. The maximum absolute atomic E-state index is 14.9. The number of imide groups is 1. The van der Waals surface area contributed by atoms with Gasteiger partial charge in [-0.05, 0) is 93.6 Å². The van der Waals surface area contributed by atoms with E-state index in [-0.39, 0.29) is 28.9 Å². The molecule has 358 valence electrons. The molecule has 3 saturated heterocycles. The number of nitriles is 1. The van der Waals surface area contributed by atoms with Crippen molar-refractivity contribution in [1.29, 1.82) is 5.26 Å². The molecule has 3 aliphatic rings. The van der Waals surface area contributed by atoms with Crippen LogP contribution in [-0.2, 0) is 14.4 Å². The number of hydrogen-bond acceptors (Lipinski definition) is 13. The molecule has 0 radical (unpaired) electrons. The average Bonchev–Trinajstić information content (AvgIpc) is 3.34. The first-order chi connectivity index (χ1) is 33.0. The molecule has 4 amide bonds. The van der Waals surface area contributed by atoms with E-state index in [1.54, 1.807) is 18.5 Å². The number of nitrogens with zero attached hydrogens (tertiary/aromatic N) is 6. The van der Waals surface area contributed by atoms with Crippen LogP contribution in [0.1, 0.15) is 80.8 Å². The molecule has 0 aliphatic carbocycles. The average molecular weight is 932 g/mol. The van der Waals surface area contributed by atoms with E-state index < -0.39 is 29.1 Å². The Bertz CT molecular complexity index is 2500. The molecule has 6 N–H and O–H groups in total. The predicted octanol–water partition coefficient (Wildman–Crippen LogP) is 5.84. The molecule has 68 heavy (non-hydrogen) atoms. The lowest BCUT2D eigenvalue weighted by Gasteiger charge is -2.46. The number of allylic oxidation sites excluding steroid dienone is 1. The highest BCUT2D eigenvalue weighted by atomic mass is 19.1. The third-order valence-corrected chi connectivity index (χ3v) is 12.7. The Labute approximate surface area is 395 Å². The number of nitrogens with one attached hydrogen (secondary N) is 4. The van der Waals surface area contributed by atoms with Crippen LogP contribution in [0.3, 0.4) is 0 Å². The van der Waals surface area contributed by atoms with Crippen LogP contribution in [0.2, 0.25) is 0 Å². The van der Waals surface area contributed by atoms with Crippen molar-refractivity contribution in [1.82, 2.24) is 30.4 Å². The molecule has 5 heterocycles. The lowest BCUT2D eigenvalue weighted by molar-refractivity contribution is -0.134.